The summed E-state index contributed by atoms with van der Waals surface area (Å²) in [5.41, 5.74) is 2.22. The maximum absolute atomic E-state index is 4.71. The smallest absolute Gasteiger partial charge is 0.227 e. The first-order valence-corrected chi connectivity index (χ1v) is 9.08. The Morgan fingerprint density at radius 3 is 2.44 bits per heavy atom. The molecule has 0 saturated carbocycles. The van der Waals surface area contributed by atoms with Crippen molar-refractivity contribution in [1.29, 1.82) is 0 Å². The summed E-state index contributed by atoms with van der Waals surface area (Å²) >= 11 is 3.55. The van der Waals surface area contributed by atoms with Crippen LogP contribution in [0.15, 0.2) is 71.3 Å². The standard InChI is InChI=1S/C20H21BrN4/c1-15(2)25(14-16-8-4-3-5-9-16)20-22-13-12-19(24-20)23-18-11-7-6-10-17(18)21/h3-13,15H,14H2,1-2H3,(H,22,23,24). The predicted molar refractivity (Wildman–Crippen MR) is 107 cm³/mol. The van der Waals surface area contributed by atoms with Crippen molar-refractivity contribution in [1.82, 2.24) is 9.97 Å². The van der Waals surface area contributed by atoms with Crippen molar-refractivity contribution in [3.63, 3.8) is 0 Å². The van der Waals surface area contributed by atoms with Crippen LogP contribution in [0.5, 0.6) is 0 Å². The third-order valence-corrected chi connectivity index (χ3v) is 4.55. The van der Waals surface area contributed by atoms with Crippen molar-refractivity contribution in [3.8, 4) is 0 Å². The summed E-state index contributed by atoms with van der Waals surface area (Å²) in [6.45, 7) is 5.08. The molecule has 0 aliphatic rings. The van der Waals surface area contributed by atoms with Crippen LogP contribution in [0, 0.1) is 0 Å². The Kier molecular flexibility index (Phi) is 5.66. The monoisotopic (exact) mass is 396 g/mol. The van der Waals surface area contributed by atoms with Gasteiger partial charge in [0.15, 0.2) is 0 Å². The molecule has 0 fully saturated rings. The van der Waals surface area contributed by atoms with Crippen molar-refractivity contribution < 1.29 is 0 Å². The summed E-state index contributed by atoms with van der Waals surface area (Å²) in [6.07, 6.45) is 1.79. The molecule has 5 heteroatoms. The van der Waals surface area contributed by atoms with Gasteiger partial charge in [-0.3, -0.25) is 0 Å². The molecule has 0 spiro atoms. The van der Waals surface area contributed by atoms with Crippen LogP contribution in [0.2, 0.25) is 0 Å². The van der Waals surface area contributed by atoms with E-state index in [0.717, 1.165) is 28.5 Å². The van der Waals surface area contributed by atoms with E-state index in [1.807, 2.05) is 36.4 Å². The van der Waals surface area contributed by atoms with E-state index >= 15 is 0 Å². The first-order chi connectivity index (χ1) is 12.1. The van der Waals surface area contributed by atoms with Crippen molar-refractivity contribution >= 4 is 33.4 Å². The summed E-state index contributed by atoms with van der Waals surface area (Å²) < 4.78 is 1.00. The predicted octanol–water partition coefficient (Wildman–Crippen LogP) is 5.40. The Morgan fingerprint density at radius 2 is 1.72 bits per heavy atom. The Labute approximate surface area is 157 Å². The number of halogens is 1. The Hall–Kier alpha value is -2.40. The molecule has 0 aliphatic heterocycles. The number of rotatable bonds is 6. The van der Waals surface area contributed by atoms with E-state index in [1.54, 1.807) is 6.20 Å². The number of aromatic nitrogens is 2. The molecule has 0 atom stereocenters. The van der Waals surface area contributed by atoms with Crippen LogP contribution in [0.1, 0.15) is 19.4 Å². The van der Waals surface area contributed by atoms with Crippen LogP contribution in [0.25, 0.3) is 0 Å². The highest BCUT2D eigenvalue weighted by atomic mass is 79.9. The molecule has 0 unspecified atom stereocenters. The van der Waals surface area contributed by atoms with E-state index in [2.05, 4.69) is 69.2 Å². The zero-order valence-corrected chi connectivity index (χ0v) is 15.9. The van der Waals surface area contributed by atoms with Gasteiger partial charge in [-0.05, 0) is 53.5 Å². The third-order valence-electron chi connectivity index (χ3n) is 3.86. The van der Waals surface area contributed by atoms with Crippen LogP contribution in [-0.4, -0.2) is 16.0 Å². The van der Waals surface area contributed by atoms with Crippen molar-refractivity contribution in [2.24, 2.45) is 0 Å². The number of benzene rings is 2. The van der Waals surface area contributed by atoms with Gasteiger partial charge in [0.05, 0.1) is 5.69 Å². The van der Waals surface area contributed by atoms with Gasteiger partial charge in [-0.15, -0.1) is 0 Å². The van der Waals surface area contributed by atoms with Crippen molar-refractivity contribution in [2.75, 3.05) is 10.2 Å². The summed E-state index contributed by atoms with van der Waals surface area (Å²) in [4.78, 5) is 11.4. The van der Waals surface area contributed by atoms with Gasteiger partial charge in [0, 0.05) is 23.3 Å². The van der Waals surface area contributed by atoms with Gasteiger partial charge < -0.3 is 10.2 Å². The number of anilines is 3. The van der Waals surface area contributed by atoms with Gasteiger partial charge in [0.2, 0.25) is 5.95 Å². The molecule has 0 bridgehead atoms. The molecule has 1 aromatic heterocycles. The lowest BCUT2D eigenvalue weighted by atomic mass is 10.2. The van der Waals surface area contributed by atoms with E-state index in [9.17, 15) is 0 Å². The van der Waals surface area contributed by atoms with Crippen LogP contribution >= 0.6 is 15.9 Å². The highest BCUT2D eigenvalue weighted by Gasteiger charge is 2.14. The molecular weight excluding hydrogens is 376 g/mol. The lowest BCUT2D eigenvalue weighted by Gasteiger charge is -2.27. The van der Waals surface area contributed by atoms with Gasteiger partial charge >= 0.3 is 0 Å². The maximum atomic E-state index is 4.71. The minimum atomic E-state index is 0.291. The molecule has 25 heavy (non-hydrogen) atoms. The zero-order valence-electron chi connectivity index (χ0n) is 14.4. The fourth-order valence-corrected chi connectivity index (χ4v) is 2.91. The average Bonchev–Trinajstić information content (AvgIpc) is 2.62. The molecule has 128 valence electrons. The van der Waals surface area contributed by atoms with Crippen LogP contribution in [0.4, 0.5) is 17.5 Å². The van der Waals surface area contributed by atoms with Crippen LogP contribution < -0.4 is 10.2 Å². The van der Waals surface area contributed by atoms with E-state index in [0.29, 0.717) is 6.04 Å². The molecule has 0 aliphatic carbocycles. The first-order valence-electron chi connectivity index (χ1n) is 8.28. The molecule has 0 amide bonds. The average molecular weight is 397 g/mol. The molecule has 4 nitrogen and oxygen atoms in total. The minimum absolute atomic E-state index is 0.291. The molecule has 1 heterocycles. The van der Waals surface area contributed by atoms with E-state index in [-0.39, 0.29) is 0 Å². The fourth-order valence-electron chi connectivity index (χ4n) is 2.52. The van der Waals surface area contributed by atoms with E-state index in [4.69, 9.17) is 4.98 Å². The molecule has 3 aromatic rings. The van der Waals surface area contributed by atoms with Crippen LogP contribution in [0.3, 0.4) is 0 Å². The highest BCUT2D eigenvalue weighted by Crippen LogP contribution is 2.25. The van der Waals surface area contributed by atoms with Crippen molar-refractivity contribution in [2.45, 2.75) is 26.4 Å². The number of para-hydroxylation sites is 1. The van der Waals surface area contributed by atoms with Gasteiger partial charge in [-0.2, -0.15) is 4.98 Å². The lowest BCUT2D eigenvalue weighted by molar-refractivity contribution is 0.661. The van der Waals surface area contributed by atoms with Crippen molar-refractivity contribution in [3.05, 3.63) is 76.9 Å². The zero-order chi connectivity index (χ0) is 17.6. The fraction of sp³-hybridized carbons (Fsp3) is 0.200. The number of hydrogen-bond donors (Lipinski definition) is 1. The number of nitrogens with zero attached hydrogens (tertiary/aromatic N) is 3. The second kappa shape index (κ2) is 8.12. The first kappa shape index (κ1) is 17.4. The Morgan fingerprint density at radius 1 is 1.00 bits per heavy atom. The number of hydrogen-bond acceptors (Lipinski definition) is 4. The SMILES string of the molecule is CC(C)N(Cc1ccccc1)c1nccc(Nc2ccccc2Br)n1. The highest BCUT2D eigenvalue weighted by molar-refractivity contribution is 9.10. The molecule has 0 saturated heterocycles. The summed E-state index contributed by atoms with van der Waals surface area (Å²) in [7, 11) is 0. The largest absolute Gasteiger partial charge is 0.339 e. The normalized spacial score (nSPS) is 10.7. The molecule has 1 N–H and O–H groups in total. The Balaban J connectivity index is 1.84. The van der Waals surface area contributed by atoms with Gasteiger partial charge in [-0.25, -0.2) is 4.98 Å². The summed E-state index contributed by atoms with van der Waals surface area (Å²) in [5, 5.41) is 3.35. The van der Waals surface area contributed by atoms with E-state index in [1.165, 1.54) is 5.56 Å². The van der Waals surface area contributed by atoms with Gasteiger partial charge in [0.1, 0.15) is 5.82 Å². The topological polar surface area (TPSA) is 41.1 Å². The Bertz CT molecular complexity index is 821. The minimum Gasteiger partial charge on any atom is -0.339 e. The lowest BCUT2D eigenvalue weighted by Crippen LogP contribution is -2.31. The molecular formula is C20H21BrN4. The summed E-state index contributed by atoms with van der Waals surface area (Å²) in [6, 6.07) is 20.5. The van der Waals surface area contributed by atoms with Crippen LogP contribution in [-0.2, 0) is 6.54 Å². The molecule has 3 rings (SSSR count). The molecule has 2 aromatic carbocycles. The maximum Gasteiger partial charge on any atom is 0.227 e. The molecule has 0 radical (unpaired) electrons. The second-order valence-corrected chi connectivity index (χ2v) is 6.91. The third kappa shape index (κ3) is 4.57. The number of nitrogens with one attached hydrogen (secondary N) is 1. The van der Waals surface area contributed by atoms with E-state index < -0.39 is 0 Å². The summed E-state index contributed by atoms with van der Waals surface area (Å²) in [5.74, 6) is 1.49. The second-order valence-electron chi connectivity index (χ2n) is 6.05. The van der Waals surface area contributed by atoms with Gasteiger partial charge in [-0.1, -0.05) is 42.5 Å². The quantitative estimate of drug-likeness (QED) is 0.605. The van der Waals surface area contributed by atoms with Gasteiger partial charge in [0.25, 0.3) is 0 Å².